The minimum Gasteiger partial charge on any atom is -0.459 e. The van der Waals surface area contributed by atoms with E-state index in [1.165, 1.54) is 6.07 Å². The van der Waals surface area contributed by atoms with E-state index in [9.17, 15) is 4.39 Å². The molecule has 120 valence electrons. The van der Waals surface area contributed by atoms with Crippen LogP contribution in [-0.2, 0) is 13.1 Å². The van der Waals surface area contributed by atoms with E-state index in [1.54, 1.807) is 28.9 Å². The number of nitrogens with zero attached hydrogens (tertiary/aromatic N) is 4. The molecular formula is C16H18FN5O. The van der Waals surface area contributed by atoms with Gasteiger partial charge in [-0.3, -0.25) is 0 Å². The molecule has 0 aliphatic carbocycles. The molecule has 6 nitrogen and oxygen atoms in total. The van der Waals surface area contributed by atoms with Crippen molar-refractivity contribution in [3.8, 4) is 11.3 Å². The molecule has 0 radical (unpaired) electrons. The monoisotopic (exact) mass is 315 g/mol. The van der Waals surface area contributed by atoms with Crippen LogP contribution >= 0.6 is 0 Å². The number of hydrogen-bond acceptors (Lipinski definition) is 5. The number of tetrazole rings is 1. The number of benzene rings is 1. The summed E-state index contributed by atoms with van der Waals surface area (Å²) in [6, 6.07) is 10.1. The molecule has 0 amide bonds. The van der Waals surface area contributed by atoms with Crippen LogP contribution in [-0.4, -0.2) is 20.2 Å². The van der Waals surface area contributed by atoms with Gasteiger partial charge in [0.15, 0.2) is 0 Å². The largest absolute Gasteiger partial charge is 0.459 e. The predicted octanol–water partition coefficient (Wildman–Crippen LogP) is 3.48. The van der Waals surface area contributed by atoms with Gasteiger partial charge in [-0.15, -0.1) is 0 Å². The number of hydrogen-bond donors (Lipinski definition) is 1. The van der Waals surface area contributed by atoms with Gasteiger partial charge in [0.25, 0.3) is 0 Å². The van der Waals surface area contributed by atoms with E-state index in [2.05, 4.69) is 27.8 Å². The third-order valence-electron chi connectivity index (χ3n) is 3.48. The van der Waals surface area contributed by atoms with Gasteiger partial charge >= 0.3 is 0 Å². The number of unbranched alkanes of at least 4 members (excludes halogenated alkanes) is 1. The number of rotatable bonds is 7. The Labute approximate surface area is 133 Å². The standard InChI is InChI=1S/C16H18FN5O/c1-2-3-10-22-16(19-20-21-22)18-11-12-8-9-15(23-12)13-6-4-5-7-14(13)17/h4-9H,2-3,10-11H2,1H3,(H,18,19,21). The van der Waals surface area contributed by atoms with Crippen molar-refractivity contribution in [2.75, 3.05) is 5.32 Å². The fourth-order valence-corrected chi connectivity index (χ4v) is 2.23. The van der Waals surface area contributed by atoms with Crippen LogP contribution in [0.15, 0.2) is 40.8 Å². The summed E-state index contributed by atoms with van der Waals surface area (Å²) in [6.45, 7) is 3.32. The molecule has 0 saturated carbocycles. The molecule has 0 aliphatic rings. The van der Waals surface area contributed by atoms with Gasteiger partial charge in [-0.1, -0.05) is 30.6 Å². The van der Waals surface area contributed by atoms with E-state index < -0.39 is 0 Å². The van der Waals surface area contributed by atoms with Crippen molar-refractivity contribution in [2.45, 2.75) is 32.9 Å². The van der Waals surface area contributed by atoms with Gasteiger partial charge in [0, 0.05) is 6.54 Å². The highest BCUT2D eigenvalue weighted by Crippen LogP contribution is 2.25. The highest BCUT2D eigenvalue weighted by molar-refractivity contribution is 5.58. The Hall–Kier alpha value is -2.70. The normalized spacial score (nSPS) is 10.9. The number of aromatic nitrogens is 4. The van der Waals surface area contributed by atoms with E-state index in [0.29, 0.717) is 29.6 Å². The van der Waals surface area contributed by atoms with Crippen LogP contribution in [0.25, 0.3) is 11.3 Å². The van der Waals surface area contributed by atoms with Gasteiger partial charge in [-0.05, 0) is 41.1 Å². The summed E-state index contributed by atoms with van der Waals surface area (Å²) < 4.78 is 21.2. The van der Waals surface area contributed by atoms with Gasteiger partial charge in [-0.2, -0.15) is 0 Å². The van der Waals surface area contributed by atoms with Crippen LogP contribution in [0.4, 0.5) is 10.3 Å². The maximum Gasteiger partial charge on any atom is 0.243 e. The van der Waals surface area contributed by atoms with Gasteiger partial charge in [0.05, 0.1) is 12.1 Å². The second-order valence-corrected chi connectivity index (χ2v) is 5.18. The lowest BCUT2D eigenvalue weighted by molar-refractivity contribution is 0.521. The fraction of sp³-hybridized carbons (Fsp3) is 0.312. The molecule has 0 saturated heterocycles. The third-order valence-corrected chi connectivity index (χ3v) is 3.48. The molecule has 2 aromatic heterocycles. The molecule has 3 rings (SSSR count). The SMILES string of the molecule is CCCCn1nnnc1NCc1ccc(-c2ccccc2F)o1. The lowest BCUT2D eigenvalue weighted by Gasteiger charge is -2.05. The molecule has 0 spiro atoms. The van der Waals surface area contributed by atoms with Crippen LogP contribution in [0.2, 0.25) is 0 Å². The first-order chi connectivity index (χ1) is 11.3. The fourth-order valence-electron chi connectivity index (χ4n) is 2.23. The van der Waals surface area contributed by atoms with Crippen LogP contribution in [0.1, 0.15) is 25.5 Å². The molecule has 0 fully saturated rings. The third kappa shape index (κ3) is 3.56. The average Bonchev–Trinajstić information content (AvgIpc) is 3.20. The molecule has 2 heterocycles. The lowest BCUT2D eigenvalue weighted by atomic mass is 10.1. The maximum atomic E-state index is 13.8. The Morgan fingerprint density at radius 3 is 2.91 bits per heavy atom. The van der Waals surface area contributed by atoms with Gasteiger partial charge in [-0.25, -0.2) is 9.07 Å². The van der Waals surface area contributed by atoms with Crippen molar-refractivity contribution >= 4 is 5.95 Å². The molecule has 1 aromatic carbocycles. The Kier molecular flexibility index (Phi) is 4.65. The number of anilines is 1. The number of nitrogens with one attached hydrogen (secondary N) is 1. The van der Waals surface area contributed by atoms with E-state index >= 15 is 0 Å². The molecule has 1 N–H and O–H groups in total. The summed E-state index contributed by atoms with van der Waals surface area (Å²) in [4.78, 5) is 0. The summed E-state index contributed by atoms with van der Waals surface area (Å²) in [6.07, 6.45) is 2.08. The topological polar surface area (TPSA) is 68.8 Å². The minimum absolute atomic E-state index is 0.301. The zero-order valence-corrected chi connectivity index (χ0v) is 12.9. The number of halogens is 1. The Morgan fingerprint density at radius 1 is 1.22 bits per heavy atom. The Bertz CT molecular complexity index is 767. The molecule has 0 unspecified atom stereocenters. The lowest BCUT2D eigenvalue weighted by Crippen LogP contribution is -2.08. The quantitative estimate of drug-likeness (QED) is 0.723. The smallest absolute Gasteiger partial charge is 0.243 e. The first kappa shape index (κ1) is 15.2. The maximum absolute atomic E-state index is 13.8. The van der Waals surface area contributed by atoms with Gasteiger partial charge in [0.2, 0.25) is 5.95 Å². The highest BCUT2D eigenvalue weighted by atomic mass is 19.1. The minimum atomic E-state index is -0.301. The second kappa shape index (κ2) is 7.04. The van der Waals surface area contributed by atoms with E-state index in [1.807, 2.05) is 6.07 Å². The molecular weight excluding hydrogens is 297 g/mol. The number of aryl methyl sites for hydroxylation is 1. The first-order valence-electron chi connectivity index (χ1n) is 7.61. The first-order valence-corrected chi connectivity index (χ1v) is 7.61. The summed E-state index contributed by atoms with van der Waals surface area (Å²) in [7, 11) is 0. The highest BCUT2D eigenvalue weighted by Gasteiger charge is 2.10. The van der Waals surface area contributed by atoms with E-state index in [4.69, 9.17) is 4.42 Å². The van der Waals surface area contributed by atoms with Crippen molar-refractivity contribution in [3.05, 3.63) is 48.0 Å². The van der Waals surface area contributed by atoms with Crippen LogP contribution in [0, 0.1) is 5.82 Å². The van der Waals surface area contributed by atoms with E-state index in [-0.39, 0.29) is 5.82 Å². The van der Waals surface area contributed by atoms with Crippen molar-refractivity contribution in [1.82, 2.24) is 20.2 Å². The molecule has 3 aromatic rings. The molecule has 23 heavy (non-hydrogen) atoms. The van der Waals surface area contributed by atoms with Crippen molar-refractivity contribution < 1.29 is 8.81 Å². The molecule has 7 heteroatoms. The van der Waals surface area contributed by atoms with Crippen LogP contribution < -0.4 is 5.32 Å². The Balaban J connectivity index is 1.66. The van der Waals surface area contributed by atoms with Crippen LogP contribution in [0.5, 0.6) is 0 Å². The van der Waals surface area contributed by atoms with Crippen LogP contribution in [0.3, 0.4) is 0 Å². The van der Waals surface area contributed by atoms with Gasteiger partial charge < -0.3 is 9.73 Å². The predicted molar refractivity (Wildman–Crippen MR) is 84.2 cm³/mol. The zero-order valence-electron chi connectivity index (χ0n) is 12.9. The summed E-state index contributed by atoms with van der Waals surface area (Å²) in [5, 5.41) is 14.7. The summed E-state index contributed by atoms with van der Waals surface area (Å²) in [5.74, 6) is 1.49. The Morgan fingerprint density at radius 2 is 2.09 bits per heavy atom. The van der Waals surface area contributed by atoms with Gasteiger partial charge in [0.1, 0.15) is 17.3 Å². The second-order valence-electron chi connectivity index (χ2n) is 5.18. The van der Waals surface area contributed by atoms with Crippen molar-refractivity contribution in [2.24, 2.45) is 0 Å². The summed E-state index contributed by atoms with van der Waals surface area (Å²) in [5.41, 5.74) is 0.450. The summed E-state index contributed by atoms with van der Waals surface area (Å²) >= 11 is 0. The molecule has 0 aliphatic heterocycles. The number of furan rings is 1. The zero-order chi connectivity index (χ0) is 16.1. The van der Waals surface area contributed by atoms with E-state index in [0.717, 1.165) is 19.4 Å². The molecule has 0 bridgehead atoms. The van der Waals surface area contributed by atoms with Crippen molar-refractivity contribution in [1.29, 1.82) is 0 Å². The molecule has 0 atom stereocenters. The average molecular weight is 315 g/mol. The van der Waals surface area contributed by atoms with Crippen molar-refractivity contribution in [3.63, 3.8) is 0 Å².